The Morgan fingerprint density at radius 3 is 2.53 bits per heavy atom. The second kappa shape index (κ2) is 7.08. The molecule has 0 aliphatic rings. The largest absolute Gasteiger partial charge is 0.323 e. The number of nitrogens with zero attached hydrogens (tertiary/aromatic N) is 1. The van der Waals surface area contributed by atoms with Gasteiger partial charge in [-0.3, -0.25) is 0 Å². The molecule has 0 bridgehead atoms. The van der Waals surface area contributed by atoms with Crippen LogP contribution in [0.1, 0.15) is 24.1 Å². The Bertz CT molecular complexity index is 511. The van der Waals surface area contributed by atoms with Gasteiger partial charge in [-0.1, -0.05) is 31.2 Å². The lowest BCUT2D eigenvalue weighted by atomic mass is 10.1. The minimum Gasteiger partial charge on any atom is -0.323 e. The first-order valence-electron chi connectivity index (χ1n) is 6.28. The maximum Gasteiger partial charge on any atom is 0.0961 e. The minimum absolute atomic E-state index is 0.0429. The van der Waals surface area contributed by atoms with Gasteiger partial charge >= 0.3 is 0 Å². The Morgan fingerprint density at radius 1 is 1.21 bits per heavy atom. The summed E-state index contributed by atoms with van der Waals surface area (Å²) in [6.07, 6.45) is 2.87. The van der Waals surface area contributed by atoms with Crippen molar-refractivity contribution in [3.8, 4) is 0 Å². The summed E-state index contributed by atoms with van der Waals surface area (Å²) in [6.45, 7) is 2.16. The van der Waals surface area contributed by atoms with Crippen LogP contribution in [0.4, 0.5) is 0 Å². The van der Waals surface area contributed by atoms with Gasteiger partial charge in [0.1, 0.15) is 0 Å². The lowest BCUT2D eigenvalue weighted by Crippen LogP contribution is -2.13. The molecule has 2 rings (SSSR count). The highest BCUT2D eigenvalue weighted by atomic mass is 79.9. The van der Waals surface area contributed by atoms with E-state index in [-0.39, 0.29) is 6.04 Å². The molecule has 1 unspecified atom stereocenters. The molecule has 0 amide bonds. The van der Waals surface area contributed by atoms with Crippen LogP contribution in [0.5, 0.6) is 0 Å². The Hall–Kier alpha value is -0.840. The number of thioether (sulfide) groups is 1. The highest BCUT2D eigenvalue weighted by Gasteiger charge is 2.07. The van der Waals surface area contributed by atoms with Crippen LogP contribution in [0.25, 0.3) is 0 Å². The summed E-state index contributed by atoms with van der Waals surface area (Å²) >= 11 is 5.06. The molecule has 0 aliphatic heterocycles. The van der Waals surface area contributed by atoms with E-state index in [1.165, 1.54) is 11.1 Å². The van der Waals surface area contributed by atoms with Crippen molar-refractivity contribution < 1.29 is 0 Å². The fraction of sp³-hybridized carbons (Fsp3) is 0.267. The van der Waals surface area contributed by atoms with Crippen LogP contribution in [0.2, 0.25) is 0 Å². The molecule has 0 fully saturated rings. The van der Waals surface area contributed by atoms with E-state index in [0.29, 0.717) is 0 Å². The molecule has 0 radical (unpaired) electrons. The predicted octanol–water partition coefficient (Wildman–Crippen LogP) is 4.20. The molecule has 2 N–H and O–H groups in total. The third-order valence-corrected chi connectivity index (χ3v) is 4.46. The van der Waals surface area contributed by atoms with Gasteiger partial charge in [0.2, 0.25) is 0 Å². The lowest BCUT2D eigenvalue weighted by molar-refractivity contribution is 0.828. The van der Waals surface area contributed by atoms with E-state index in [0.717, 1.165) is 21.7 Å². The summed E-state index contributed by atoms with van der Waals surface area (Å²) in [4.78, 5) is 4.33. The van der Waals surface area contributed by atoms with E-state index < -0.39 is 0 Å². The van der Waals surface area contributed by atoms with Gasteiger partial charge in [0.05, 0.1) is 5.03 Å². The molecule has 1 heterocycles. The molecule has 0 aliphatic carbocycles. The number of pyridine rings is 1. The average Bonchev–Trinajstić information content (AvgIpc) is 2.46. The van der Waals surface area contributed by atoms with E-state index in [1.807, 2.05) is 18.3 Å². The van der Waals surface area contributed by atoms with Crippen LogP contribution in [0.15, 0.2) is 52.1 Å². The Balaban J connectivity index is 1.93. The van der Waals surface area contributed by atoms with Crippen molar-refractivity contribution in [2.45, 2.75) is 24.4 Å². The van der Waals surface area contributed by atoms with Gasteiger partial charge in [0.15, 0.2) is 0 Å². The van der Waals surface area contributed by atoms with Crippen LogP contribution < -0.4 is 5.73 Å². The quantitative estimate of drug-likeness (QED) is 0.831. The first-order chi connectivity index (χ1) is 9.19. The zero-order valence-corrected chi connectivity index (χ0v) is 13.2. The van der Waals surface area contributed by atoms with Gasteiger partial charge in [-0.05, 0) is 45.6 Å². The van der Waals surface area contributed by atoms with Gasteiger partial charge in [-0.25, -0.2) is 4.98 Å². The number of benzene rings is 1. The fourth-order valence-corrected chi connectivity index (χ4v) is 2.79. The van der Waals surface area contributed by atoms with Crippen molar-refractivity contribution in [3.63, 3.8) is 0 Å². The van der Waals surface area contributed by atoms with E-state index in [9.17, 15) is 0 Å². The van der Waals surface area contributed by atoms with Crippen LogP contribution >= 0.6 is 27.7 Å². The molecule has 0 saturated heterocycles. The number of rotatable bonds is 5. The molecule has 100 valence electrons. The molecule has 1 atom stereocenters. The number of hydrogen-bond acceptors (Lipinski definition) is 3. The number of halogens is 1. The summed E-state index contributed by atoms with van der Waals surface area (Å²) in [7, 11) is 0. The zero-order valence-electron chi connectivity index (χ0n) is 10.8. The smallest absolute Gasteiger partial charge is 0.0961 e. The molecule has 0 saturated carbocycles. The lowest BCUT2D eigenvalue weighted by Gasteiger charge is -2.12. The van der Waals surface area contributed by atoms with E-state index in [4.69, 9.17) is 5.73 Å². The number of aromatic nitrogens is 1. The van der Waals surface area contributed by atoms with Crippen LogP contribution in [0.3, 0.4) is 0 Å². The summed E-state index contributed by atoms with van der Waals surface area (Å²) in [5.74, 6) is 0.833. The minimum atomic E-state index is 0.0429. The van der Waals surface area contributed by atoms with Crippen molar-refractivity contribution in [3.05, 3.63) is 58.2 Å². The maximum atomic E-state index is 6.21. The standard InChI is InChI=1S/C15H17BrN2S/c1-2-11-3-5-12(6-4-11)14(17)10-19-15-8-7-13(16)9-18-15/h3-9,14H,2,10,17H2,1H3. The molecule has 1 aromatic heterocycles. The van der Waals surface area contributed by atoms with Gasteiger partial charge in [-0.2, -0.15) is 0 Å². The number of hydrogen-bond donors (Lipinski definition) is 1. The average molecular weight is 337 g/mol. The van der Waals surface area contributed by atoms with Crippen molar-refractivity contribution >= 4 is 27.7 Å². The van der Waals surface area contributed by atoms with E-state index in [2.05, 4.69) is 52.1 Å². The third-order valence-electron chi connectivity index (χ3n) is 2.93. The van der Waals surface area contributed by atoms with Gasteiger partial charge < -0.3 is 5.73 Å². The summed E-state index contributed by atoms with van der Waals surface area (Å²) in [5, 5.41) is 1.00. The number of aryl methyl sites for hydroxylation is 1. The second-order valence-corrected chi connectivity index (χ2v) is 6.28. The van der Waals surface area contributed by atoms with Crippen molar-refractivity contribution in [2.24, 2.45) is 5.73 Å². The summed E-state index contributed by atoms with van der Waals surface area (Å²) in [5.41, 5.74) is 8.73. The molecule has 2 nitrogen and oxygen atoms in total. The topological polar surface area (TPSA) is 38.9 Å². The molecule has 4 heteroatoms. The third kappa shape index (κ3) is 4.34. The number of nitrogens with two attached hydrogens (primary N) is 1. The van der Waals surface area contributed by atoms with Crippen molar-refractivity contribution in [1.82, 2.24) is 4.98 Å². The first kappa shape index (κ1) is 14.6. The SMILES string of the molecule is CCc1ccc(C(N)CSc2ccc(Br)cn2)cc1. The molecule has 0 spiro atoms. The summed E-state index contributed by atoms with van der Waals surface area (Å²) < 4.78 is 0.997. The van der Waals surface area contributed by atoms with E-state index in [1.54, 1.807) is 11.8 Å². The second-order valence-electron chi connectivity index (χ2n) is 4.33. The van der Waals surface area contributed by atoms with Crippen molar-refractivity contribution in [1.29, 1.82) is 0 Å². The Labute approximate surface area is 126 Å². The fourth-order valence-electron chi connectivity index (χ4n) is 1.72. The highest BCUT2D eigenvalue weighted by molar-refractivity contribution is 9.10. The van der Waals surface area contributed by atoms with Crippen molar-refractivity contribution in [2.75, 3.05) is 5.75 Å². The summed E-state index contributed by atoms with van der Waals surface area (Å²) in [6, 6.07) is 12.6. The maximum absolute atomic E-state index is 6.21. The first-order valence-corrected chi connectivity index (χ1v) is 8.05. The predicted molar refractivity (Wildman–Crippen MR) is 85.4 cm³/mol. The van der Waals surface area contributed by atoms with Gasteiger partial charge in [0, 0.05) is 22.5 Å². The molecule has 19 heavy (non-hydrogen) atoms. The molecule has 2 aromatic rings. The monoisotopic (exact) mass is 336 g/mol. The Morgan fingerprint density at radius 2 is 1.95 bits per heavy atom. The van der Waals surface area contributed by atoms with Crippen LogP contribution in [0, 0.1) is 0 Å². The normalized spacial score (nSPS) is 12.4. The highest BCUT2D eigenvalue weighted by Crippen LogP contribution is 2.23. The van der Waals surface area contributed by atoms with Crippen LogP contribution in [-0.4, -0.2) is 10.7 Å². The van der Waals surface area contributed by atoms with Crippen LogP contribution in [-0.2, 0) is 6.42 Å². The molecular weight excluding hydrogens is 320 g/mol. The van der Waals surface area contributed by atoms with Gasteiger partial charge in [-0.15, -0.1) is 11.8 Å². The molecule has 1 aromatic carbocycles. The molecular formula is C15H17BrN2S. The Kier molecular flexibility index (Phi) is 5.43. The van der Waals surface area contributed by atoms with Gasteiger partial charge in [0.25, 0.3) is 0 Å². The van der Waals surface area contributed by atoms with E-state index >= 15 is 0 Å². The zero-order chi connectivity index (χ0) is 13.7.